The standard InChI is InChI=1S/C24H25F2N3O2S2/c1-4-10-33(31)29-21-9-8-20(25)22(23(21)26)24(30)19-14-28-27-13-17(11-15(19)2)16-6-5-7-18(12-16)32-3/h5-9,11-14,27-29H,4,10H2,1-3H3. The van der Waals surface area contributed by atoms with Crippen molar-refractivity contribution in [3.8, 4) is 11.1 Å². The van der Waals surface area contributed by atoms with Gasteiger partial charge in [-0.25, -0.2) is 13.0 Å². The van der Waals surface area contributed by atoms with Crippen molar-refractivity contribution in [1.29, 1.82) is 0 Å². The van der Waals surface area contributed by atoms with Gasteiger partial charge in [-0.05, 0) is 66.6 Å². The fourth-order valence-electron chi connectivity index (χ4n) is 3.25. The molecule has 3 rings (SSSR count). The van der Waals surface area contributed by atoms with Gasteiger partial charge in [-0.3, -0.25) is 4.79 Å². The van der Waals surface area contributed by atoms with E-state index in [9.17, 15) is 13.4 Å². The summed E-state index contributed by atoms with van der Waals surface area (Å²) in [6.07, 6.45) is 5.72. The summed E-state index contributed by atoms with van der Waals surface area (Å²) in [5.74, 6) is -2.58. The first-order chi connectivity index (χ1) is 15.8. The molecule has 9 heteroatoms. The van der Waals surface area contributed by atoms with Crippen LogP contribution in [0.4, 0.5) is 14.5 Å². The summed E-state index contributed by atoms with van der Waals surface area (Å²) in [5, 5.41) is 5.66. The Bertz CT molecular complexity index is 1240. The summed E-state index contributed by atoms with van der Waals surface area (Å²) in [4.78, 5) is 14.3. The summed E-state index contributed by atoms with van der Waals surface area (Å²) in [6, 6.07) is 11.8. The van der Waals surface area contributed by atoms with Crippen LogP contribution < -0.4 is 4.72 Å². The van der Waals surface area contributed by atoms with Crippen LogP contribution >= 0.6 is 11.8 Å². The van der Waals surface area contributed by atoms with Gasteiger partial charge in [-0.1, -0.05) is 19.1 Å². The SMILES string of the molecule is CCCS(=O)Nc1ccc(F)c(C(=O)c2c[nH][nH]cc(-c3cccc(SC)c3)cc2C)c1F. The quantitative estimate of drug-likeness (QED) is 0.262. The molecule has 174 valence electrons. The number of nitrogens with one attached hydrogen (secondary N) is 3. The van der Waals surface area contributed by atoms with Gasteiger partial charge >= 0.3 is 0 Å². The molecule has 33 heavy (non-hydrogen) atoms. The number of carbonyl (C=O) groups excluding carboxylic acids is 1. The van der Waals surface area contributed by atoms with Gasteiger partial charge < -0.3 is 14.9 Å². The molecule has 0 fully saturated rings. The monoisotopic (exact) mass is 489 g/mol. The van der Waals surface area contributed by atoms with Crippen LogP contribution in [-0.4, -0.2) is 32.2 Å². The smallest absolute Gasteiger partial charge is 0.200 e. The lowest BCUT2D eigenvalue weighted by Gasteiger charge is -2.12. The van der Waals surface area contributed by atoms with Gasteiger partial charge in [0.15, 0.2) is 5.82 Å². The van der Waals surface area contributed by atoms with E-state index in [1.54, 1.807) is 30.9 Å². The molecule has 2 aromatic carbocycles. The van der Waals surface area contributed by atoms with Crippen LogP contribution in [0.2, 0.25) is 0 Å². The Morgan fingerprint density at radius 3 is 2.58 bits per heavy atom. The van der Waals surface area contributed by atoms with Gasteiger partial charge in [0.2, 0.25) is 5.78 Å². The van der Waals surface area contributed by atoms with Crippen LogP contribution in [0.1, 0.15) is 34.8 Å². The van der Waals surface area contributed by atoms with Crippen molar-refractivity contribution in [1.82, 2.24) is 10.2 Å². The molecule has 0 aliphatic heterocycles. The Balaban J connectivity index is 2.07. The number of anilines is 1. The van der Waals surface area contributed by atoms with Gasteiger partial charge in [0.05, 0.1) is 11.3 Å². The van der Waals surface area contributed by atoms with Gasteiger partial charge in [0.1, 0.15) is 16.8 Å². The van der Waals surface area contributed by atoms with Crippen LogP contribution in [0.3, 0.4) is 0 Å². The first-order valence-corrected chi connectivity index (χ1v) is 12.8. The predicted molar refractivity (Wildman–Crippen MR) is 131 cm³/mol. The molecule has 1 atom stereocenters. The lowest BCUT2D eigenvalue weighted by atomic mass is 9.98. The fourth-order valence-corrected chi connectivity index (χ4v) is 4.58. The maximum atomic E-state index is 15.1. The van der Waals surface area contributed by atoms with Crippen molar-refractivity contribution in [3.05, 3.63) is 83.2 Å². The molecule has 0 spiro atoms. The second-order valence-electron chi connectivity index (χ2n) is 7.27. The molecule has 0 aliphatic rings. The Morgan fingerprint density at radius 2 is 1.85 bits per heavy atom. The van der Waals surface area contributed by atoms with Gasteiger partial charge in [0, 0.05) is 28.6 Å². The van der Waals surface area contributed by atoms with Crippen LogP contribution in [0.15, 0.2) is 59.8 Å². The highest BCUT2D eigenvalue weighted by molar-refractivity contribution is 7.98. The van der Waals surface area contributed by atoms with E-state index in [2.05, 4.69) is 14.9 Å². The van der Waals surface area contributed by atoms with Crippen molar-refractivity contribution in [2.45, 2.75) is 25.2 Å². The number of halogens is 2. The van der Waals surface area contributed by atoms with E-state index in [4.69, 9.17) is 0 Å². The predicted octanol–water partition coefficient (Wildman–Crippen LogP) is 6.16. The van der Waals surface area contributed by atoms with Crippen LogP contribution in [0.25, 0.3) is 11.1 Å². The van der Waals surface area contributed by atoms with Crippen LogP contribution in [-0.2, 0) is 11.0 Å². The highest BCUT2D eigenvalue weighted by Gasteiger charge is 2.23. The third-order valence-electron chi connectivity index (χ3n) is 4.90. The second-order valence-corrected chi connectivity index (χ2v) is 9.45. The molecular formula is C24H25F2N3O2S2. The lowest BCUT2D eigenvalue weighted by Crippen LogP contribution is -2.14. The maximum absolute atomic E-state index is 15.1. The molecule has 1 heterocycles. The van der Waals surface area contributed by atoms with Crippen molar-refractivity contribution < 1.29 is 17.8 Å². The summed E-state index contributed by atoms with van der Waals surface area (Å²) in [6.45, 7) is 3.55. The third-order valence-corrected chi connectivity index (χ3v) is 6.86. The van der Waals surface area contributed by atoms with E-state index >= 15 is 4.39 Å². The van der Waals surface area contributed by atoms with Crippen molar-refractivity contribution in [3.63, 3.8) is 0 Å². The van der Waals surface area contributed by atoms with E-state index < -0.39 is 34.0 Å². The first kappa shape index (κ1) is 24.7. The number of aromatic amines is 2. The molecule has 0 aliphatic carbocycles. The number of thioether (sulfide) groups is 1. The van der Waals surface area contributed by atoms with E-state index in [0.717, 1.165) is 28.2 Å². The van der Waals surface area contributed by atoms with E-state index in [1.165, 1.54) is 6.20 Å². The number of carbonyl (C=O) groups is 1. The van der Waals surface area contributed by atoms with E-state index in [-0.39, 0.29) is 11.3 Å². The molecule has 1 unspecified atom stereocenters. The fraction of sp³-hybridized carbons (Fsp3) is 0.208. The number of aromatic nitrogens is 2. The van der Waals surface area contributed by atoms with Gasteiger partial charge in [-0.15, -0.1) is 11.8 Å². The molecule has 3 N–H and O–H groups in total. The number of ketones is 1. The number of hydrogen-bond donors (Lipinski definition) is 3. The van der Waals surface area contributed by atoms with E-state index in [1.807, 2.05) is 37.4 Å². The minimum Gasteiger partial charge on any atom is -0.308 e. The Morgan fingerprint density at radius 1 is 1.09 bits per heavy atom. The Labute approximate surface area is 198 Å². The van der Waals surface area contributed by atoms with Crippen LogP contribution in [0, 0.1) is 18.6 Å². The summed E-state index contributed by atoms with van der Waals surface area (Å²) < 4.78 is 44.2. The molecule has 0 saturated carbocycles. The molecule has 0 saturated heterocycles. The number of benzene rings is 2. The average molecular weight is 490 g/mol. The number of rotatable bonds is 8. The highest BCUT2D eigenvalue weighted by Crippen LogP contribution is 2.27. The van der Waals surface area contributed by atoms with Crippen molar-refractivity contribution in [2.75, 3.05) is 16.7 Å². The van der Waals surface area contributed by atoms with Gasteiger partial charge in [-0.2, -0.15) is 0 Å². The normalized spacial score (nSPS) is 11.7. The molecule has 5 nitrogen and oxygen atoms in total. The second kappa shape index (κ2) is 11.3. The molecule has 1 aromatic heterocycles. The largest absolute Gasteiger partial charge is 0.308 e. The van der Waals surface area contributed by atoms with Crippen molar-refractivity contribution in [2.24, 2.45) is 0 Å². The first-order valence-electron chi connectivity index (χ1n) is 10.3. The molecule has 0 bridgehead atoms. The van der Waals surface area contributed by atoms with Gasteiger partial charge in [0.25, 0.3) is 0 Å². The minimum absolute atomic E-state index is 0.0961. The average Bonchev–Trinajstić information content (AvgIpc) is 2.78. The highest BCUT2D eigenvalue weighted by atomic mass is 32.2. The van der Waals surface area contributed by atoms with Crippen LogP contribution in [0.5, 0.6) is 0 Å². The molecule has 0 radical (unpaired) electrons. The maximum Gasteiger partial charge on any atom is 0.200 e. The summed E-state index contributed by atoms with van der Waals surface area (Å²) in [7, 11) is -1.54. The molecular weight excluding hydrogens is 464 g/mol. The van der Waals surface area contributed by atoms with E-state index in [0.29, 0.717) is 17.7 Å². The van der Waals surface area contributed by atoms with Crippen molar-refractivity contribution >= 4 is 34.2 Å². The lowest BCUT2D eigenvalue weighted by molar-refractivity contribution is 0.103. The molecule has 0 amide bonds. The zero-order chi connectivity index (χ0) is 24.0. The minimum atomic E-state index is -1.54. The number of hydrogen-bond acceptors (Lipinski definition) is 3. The summed E-state index contributed by atoms with van der Waals surface area (Å²) in [5.41, 5.74) is 1.46. The summed E-state index contributed by atoms with van der Waals surface area (Å²) >= 11 is 1.61. The third kappa shape index (κ3) is 5.91. The Hall–Kier alpha value is -2.91. The zero-order valence-corrected chi connectivity index (χ0v) is 20.1. The zero-order valence-electron chi connectivity index (χ0n) is 18.5. The Kier molecular flexibility index (Phi) is 8.46. The topological polar surface area (TPSA) is 77.8 Å². The number of H-pyrrole nitrogens is 2. The number of aryl methyl sites for hydroxylation is 1. The molecule has 3 aromatic rings.